The largest absolute Gasteiger partial charge is 0.477 e. The van der Waals surface area contributed by atoms with E-state index in [2.05, 4.69) is 5.32 Å². The summed E-state index contributed by atoms with van der Waals surface area (Å²) in [6, 6.07) is 1.18. The first-order chi connectivity index (χ1) is 11.4. The van der Waals surface area contributed by atoms with Crippen molar-refractivity contribution in [1.82, 2.24) is 9.88 Å². The SMILES string of the molecule is CNC1(c2c(F)cc3c(=O)c(C(=O)O)cn4c3c2COC4C)CC1. The smallest absolute Gasteiger partial charge is 0.341 e. The van der Waals surface area contributed by atoms with Crippen LogP contribution in [0, 0.1) is 5.82 Å². The van der Waals surface area contributed by atoms with Crippen LogP contribution < -0.4 is 10.7 Å². The number of nitrogens with zero attached hydrogens (tertiary/aromatic N) is 1. The van der Waals surface area contributed by atoms with Crippen molar-refractivity contribution in [2.75, 3.05) is 7.05 Å². The summed E-state index contributed by atoms with van der Waals surface area (Å²) in [5.41, 5.74) is 0.256. The molecule has 0 saturated heterocycles. The molecule has 0 radical (unpaired) electrons. The zero-order valence-corrected chi connectivity index (χ0v) is 13.4. The third-order valence-electron chi connectivity index (χ3n) is 5.17. The number of pyridine rings is 1. The molecule has 6 nitrogen and oxygen atoms in total. The van der Waals surface area contributed by atoms with Gasteiger partial charge in [0.05, 0.1) is 12.1 Å². The second-order valence-corrected chi connectivity index (χ2v) is 6.43. The number of carbonyl (C=O) groups is 1. The van der Waals surface area contributed by atoms with Crippen molar-refractivity contribution in [2.45, 2.75) is 38.1 Å². The summed E-state index contributed by atoms with van der Waals surface area (Å²) >= 11 is 0. The van der Waals surface area contributed by atoms with Gasteiger partial charge in [0.2, 0.25) is 5.43 Å². The molecule has 1 aliphatic carbocycles. The van der Waals surface area contributed by atoms with Gasteiger partial charge in [0, 0.05) is 28.2 Å². The van der Waals surface area contributed by atoms with Gasteiger partial charge >= 0.3 is 5.97 Å². The van der Waals surface area contributed by atoms with Crippen LogP contribution in [0.4, 0.5) is 4.39 Å². The quantitative estimate of drug-likeness (QED) is 0.900. The highest BCUT2D eigenvalue weighted by Gasteiger charge is 2.47. The number of nitrogens with one attached hydrogen (secondary N) is 1. The highest BCUT2D eigenvalue weighted by atomic mass is 19.1. The number of hydrogen-bond donors (Lipinski definition) is 2. The molecule has 126 valence electrons. The lowest BCUT2D eigenvalue weighted by Gasteiger charge is -2.30. The molecular formula is C17H17FN2O4. The lowest BCUT2D eigenvalue weighted by Crippen LogP contribution is -2.31. The maximum Gasteiger partial charge on any atom is 0.341 e. The molecule has 2 aromatic rings. The first-order valence-electron chi connectivity index (χ1n) is 7.84. The molecule has 1 saturated carbocycles. The Morgan fingerprint density at radius 2 is 2.21 bits per heavy atom. The van der Waals surface area contributed by atoms with Gasteiger partial charge in [0.1, 0.15) is 17.6 Å². The third kappa shape index (κ3) is 1.88. The molecule has 2 aliphatic rings. The van der Waals surface area contributed by atoms with Gasteiger partial charge in [-0.2, -0.15) is 0 Å². The summed E-state index contributed by atoms with van der Waals surface area (Å²) in [6.07, 6.45) is 2.49. The zero-order chi connectivity index (χ0) is 17.2. The average Bonchev–Trinajstić information content (AvgIpc) is 3.33. The molecule has 7 heteroatoms. The number of ether oxygens (including phenoxy) is 1. The molecule has 0 bridgehead atoms. The van der Waals surface area contributed by atoms with E-state index in [9.17, 15) is 19.1 Å². The van der Waals surface area contributed by atoms with Crippen LogP contribution in [-0.4, -0.2) is 22.7 Å². The Morgan fingerprint density at radius 3 is 2.79 bits per heavy atom. The third-order valence-corrected chi connectivity index (χ3v) is 5.17. The fourth-order valence-corrected chi connectivity index (χ4v) is 3.70. The molecule has 1 aromatic heterocycles. The Balaban J connectivity index is 2.16. The van der Waals surface area contributed by atoms with E-state index in [1.165, 1.54) is 12.3 Å². The number of carboxylic acids is 1. The Kier molecular flexibility index (Phi) is 3.10. The fourth-order valence-electron chi connectivity index (χ4n) is 3.70. The summed E-state index contributed by atoms with van der Waals surface area (Å²) in [5, 5.41) is 12.5. The number of halogens is 1. The molecule has 2 heterocycles. The molecule has 1 atom stereocenters. The van der Waals surface area contributed by atoms with Crippen molar-refractivity contribution in [1.29, 1.82) is 0 Å². The molecule has 24 heavy (non-hydrogen) atoms. The van der Waals surface area contributed by atoms with Crippen LogP contribution >= 0.6 is 0 Å². The number of aromatic carboxylic acids is 1. The van der Waals surface area contributed by atoms with E-state index in [0.717, 1.165) is 12.8 Å². The lowest BCUT2D eigenvalue weighted by atomic mass is 9.93. The normalized spacial score (nSPS) is 21.0. The minimum atomic E-state index is -1.33. The standard InChI is InChI=1S/C17H17FN2O4/c1-8-20-6-10(16(22)23)15(21)9-5-12(18)13(17(19-2)3-4-17)11(7-24-8)14(9)20/h5-6,8,19H,3-4,7H2,1-2H3,(H,22,23). The molecule has 1 unspecified atom stereocenters. The summed E-state index contributed by atoms with van der Waals surface area (Å²) in [4.78, 5) is 23.9. The predicted molar refractivity (Wildman–Crippen MR) is 84.6 cm³/mol. The second kappa shape index (κ2) is 4.87. The Morgan fingerprint density at radius 1 is 1.50 bits per heavy atom. The van der Waals surface area contributed by atoms with E-state index in [1.807, 2.05) is 0 Å². The van der Waals surface area contributed by atoms with Gasteiger partial charge in [0.15, 0.2) is 0 Å². The summed E-state index contributed by atoms with van der Waals surface area (Å²) in [5.74, 6) is -1.82. The maximum atomic E-state index is 14.9. The zero-order valence-electron chi connectivity index (χ0n) is 13.4. The van der Waals surface area contributed by atoms with Gasteiger partial charge in [-0.3, -0.25) is 4.79 Å². The van der Waals surface area contributed by atoms with Gasteiger partial charge in [0.25, 0.3) is 0 Å². The van der Waals surface area contributed by atoms with Crippen LogP contribution in [0.5, 0.6) is 0 Å². The lowest BCUT2D eigenvalue weighted by molar-refractivity contribution is -0.00276. The van der Waals surface area contributed by atoms with Crippen molar-refractivity contribution in [2.24, 2.45) is 0 Å². The minimum Gasteiger partial charge on any atom is -0.477 e. The summed E-state index contributed by atoms with van der Waals surface area (Å²) in [6.45, 7) is 1.96. The van der Waals surface area contributed by atoms with E-state index in [0.29, 0.717) is 16.6 Å². The second-order valence-electron chi connectivity index (χ2n) is 6.43. The van der Waals surface area contributed by atoms with Crippen LogP contribution in [0.15, 0.2) is 17.1 Å². The summed E-state index contributed by atoms with van der Waals surface area (Å²) < 4.78 is 22.2. The predicted octanol–water partition coefficient (Wildman–Crippen LogP) is 2.10. The number of carboxylic acid groups (broad SMARTS) is 1. The van der Waals surface area contributed by atoms with Gasteiger partial charge in [-0.25, -0.2) is 9.18 Å². The highest BCUT2D eigenvalue weighted by molar-refractivity contribution is 5.94. The van der Waals surface area contributed by atoms with Crippen LogP contribution in [0.3, 0.4) is 0 Å². The van der Waals surface area contributed by atoms with E-state index >= 15 is 0 Å². The van der Waals surface area contributed by atoms with E-state index in [-0.39, 0.29) is 17.6 Å². The average molecular weight is 332 g/mol. The molecule has 0 spiro atoms. The number of rotatable bonds is 3. The van der Waals surface area contributed by atoms with Crippen molar-refractivity contribution >= 4 is 16.9 Å². The van der Waals surface area contributed by atoms with E-state index in [1.54, 1.807) is 18.5 Å². The maximum absolute atomic E-state index is 14.9. The van der Waals surface area contributed by atoms with Gasteiger partial charge in [-0.15, -0.1) is 0 Å². The van der Waals surface area contributed by atoms with Crippen molar-refractivity contribution in [3.05, 3.63) is 45.0 Å². The first-order valence-corrected chi connectivity index (χ1v) is 7.84. The fraction of sp³-hybridized carbons (Fsp3) is 0.412. The van der Waals surface area contributed by atoms with Gasteiger partial charge < -0.3 is 19.7 Å². The topological polar surface area (TPSA) is 80.6 Å². The van der Waals surface area contributed by atoms with Crippen LogP contribution in [0.25, 0.3) is 10.9 Å². The number of benzene rings is 1. The molecule has 1 aromatic carbocycles. The van der Waals surface area contributed by atoms with Crippen LogP contribution in [0.1, 0.15) is 47.5 Å². The molecular weight excluding hydrogens is 315 g/mol. The molecule has 1 aliphatic heterocycles. The van der Waals surface area contributed by atoms with E-state index in [4.69, 9.17) is 4.74 Å². The van der Waals surface area contributed by atoms with Crippen molar-refractivity contribution < 1.29 is 19.0 Å². The van der Waals surface area contributed by atoms with Crippen LogP contribution in [-0.2, 0) is 16.9 Å². The molecule has 4 rings (SSSR count). The Bertz CT molecular complexity index is 946. The number of hydrogen-bond acceptors (Lipinski definition) is 4. The van der Waals surface area contributed by atoms with Gasteiger partial charge in [-0.1, -0.05) is 0 Å². The Hall–Kier alpha value is -2.25. The highest BCUT2D eigenvalue weighted by Crippen LogP contribution is 2.49. The van der Waals surface area contributed by atoms with Crippen molar-refractivity contribution in [3.8, 4) is 0 Å². The van der Waals surface area contributed by atoms with E-state index < -0.39 is 29.0 Å². The van der Waals surface area contributed by atoms with Gasteiger partial charge in [-0.05, 0) is 32.9 Å². The Labute approximate surface area is 136 Å². The first kappa shape index (κ1) is 15.3. The van der Waals surface area contributed by atoms with Crippen LogP contribution in [0.2, 0.25) is 0 Å². The molecule has 1 fully saturated rings. The number of aromatic nitrogens is 1. The van der Waals surface area contributed by atoms with Crippen molar-refractivity contribution in [3.63, 3.8) is 0 Å². The molecule has 2 N–H and O–H groups in total. The monoisotopic (exact) mass is 332 g/mol. The summed E-state index contributed by atoms with van der Waals surface area (Å²) in [7, 11) is 1.79. The molecule has 0 amide bonds. The minimum absolute atomic E-state index is 0.0909.